The molecule has 2 aromatic carbocycles. The third-order valence-corrected chi connectivity index (χ3v) is 6.63. The Kier molecular flexibility index (Phi) is 6.42. The SMILES string of the molecule is COc1ccccc1C1=C(N(C)C2CCN(C)CC2)C(=O)N(c2cccc(N(C)C)c2)C1=O. The van der Waals surface area contributed by atoms with E-state index >= 15 is 0 Å². The average Bonchev–Trinajstić information content (AvgIpc) is 3.08. The molecule has 7 heteroatoms. The van der Waals surface area contributed by atoms with Crippen molar-refractivity contribution in [2.24, 2.45) is 0 Å². The number of benzene rings is 2. The summed E-state index contributed by atoms with van der Waals surface area (Å²) in [6, 6.07) is 15.1. The van der Waals surface area contributed by atoms with E-state index in [1.165, 1.54) is 4.90 Å². The number of imide groups is 1. The number of likely N-dealkylation sites (tertiary alicyclic amines) is 1. The number of amides is 2. The van der Waals surface area contributed by atoms with E-state index in [1.807, 2.05) is 73.4 Å². The normalized spacial score (nSPS) is 17.7. The lowest BCUT2D eigenvalue weighted by Gasteiger charge is -2.36. The van der Waals surface area contributed by atoms with Crippen molar-refractivity contribution in [3.8, 4) is 5.75 Å². The maximum absolute atomic E-state index is 13.9. The van der Waals surface area contributed by atoms with Crippen LogP contribution in [0.4, 0.5) is 11.4 Å². The number of methoxy groups -OCH3 is 1. The number of nitrogens with zero attached hydrogens (tertiary/aromatic N) is 4. The van der Waals surface area contributed by atoms with Crippen molar-refractivity contribution in [3.63, 3.8) is 0 Å². The van der Waals surface area contributed by atoms with Crippen molar-refractivity contribution < 1.29 is 14.3 Å². The van der Waals surface area contributed by atoms with Crippen molar-refractivity contribution in [1.29, 1.82) is 0 Å². The Bertz CT molecular complexity index is 1090. The molecular formula is C26H32N4O3. The molecule has 2 aliphatic heterocycles. The zero-order valence-electron chi connectivity index (χ0n) is 20.0. The Morgan fingerprint density at radius 3 is 2.30 bits per heavy atom. The number of ether oxygens (including phenoxy) is 1. The van der Waals surface area contributed by atoms with E-state index < -0.39 is 0 Å². The number of hydrogen-bond donors (Lipinski definition) is 0. The van der Waals surface area contributed by atoms with Crippen molar-refractivity contribution in [1.82, 2.24) is 9.80 Å². The molecule has 0 saturated carbocycles. The fraction of sp³-hybridized carbons (Fsp3) is 0.385. The number of rotatable bonds is 6. The molecule has 1 fully saturated rings. The number of carbonyl (C=O) groups excluding carboxylic acids is 2. The predicted octanol–water partition coefficient (Wildman–Crippen LogP) is 3.07. The van der Waals surface area contributed by atoms with Crippen LogP contribution >= 0.6 is 0 Å². The van der Waals surface area contributed by atoms with Gasteiger partial charge in [-0.05, 0) is 57.2 Å². The van der Waals surface area contributed by atoms with E-state index in [0.717, 1.165) is 31.6 Å². The van der Waals surface area contributed by atoms with Gasteiger partial charge in [-0.2, -0.15) is 0 Å². The van der Waals surface area contributed by atoms with Crippen LogP contribution in [0.1, 0.15) is 18.4 Å². The minimum absolute atomic E-state index is 0.186. The second-order valence-electron chi connectivity index (χ2n) is 8.93. The number of likely N-dealkylation sites (N-methyl/N-ethyl adjacent to an activating group) is 1. The lowest BCUT2D eigenvalue weighted by atomic mass is 9.99. The summed E-state index contributed by atoms with van der Waals surface area (Å²) in [5.74, 6) is -0.0414. The molecular weight excluding hydrogens is 416 g/mol. The number of hydrogen-bond acceptors (Lipinski definition) is 6. The molecule has 2 aromatic rings. The predicted molar refractivity (Wildman–Crippen MR) is 131 cm³/mol. The monoisotopic (exact) mass is 448 g/mol. The molecule has 1 saturated heterocycles. The van der Waals surface area contributed by atoms with Gasteiger partial charge >= 0.3 is 0 Å². The van der Waals surface area contributed by atoms with E-state index in [-0.39, 0.29) is 17.9 Å². The molecule has 0 spiro atoms. The number of anilines is 2. The van der Waals surface area contributed by atoms with Crippen LogP contribution < -0.4 is 14.5 Å². The summed E-state index contributed by atoms with van der Waals surface area (Å²) in [7, 11) is 9.50. The van der Waals surface area contributed by atoms with Gasteiger partial charge < -0.3 is 19.4 Å². The summed E-state index contributed by atoms with van der Waals surface area (Å²) < 4.78 is 5.57. The Labute approximate surface area is 195 Å². The van der Waals surface area contributed by atoms with Crippen LogP contribution in [0.25, 0.3) is 5.57 Å². The highest BCUT2D eigenvalue weighted by molar-refractivity contribution is 6.45. The van der Waals surface area contributed by atoms with Gasteiger partial charge in [0.1, 0.15) is 11.4 Å². The topological polar surface area (TPSA) is 56.3 Å². The lowest BCUT2D eigenvalue weighted by molar-refractivity contribution is -0.120. The molecule has 2 aliphatic rings. The second-order valence-corrected chi connectivity index (χ2v) is 8.93. The summed E-state index contributed by atoms with van der Waals surface area (Å²) in [6.45, 7) is 1.92. The fourth-order valence-corrected chi connectivity index (χ4v) is 4.65. The maximum atomic E-state index is 13.9. The molecule has 2 amide bonds. The van der Waals surface area contributed by atoms with E-state index in [2.05, 4.69) is 11.9 Å². The van der Waals surface area contributed by atoms with Gasteiger partial charge in [0, 0.05) is 38.4 Å². The molecule has 4 rings (SSSR count). The van der Waals surface area contributed by atoms with Gasteiger partial charge in [-0.3, -0.25) is 9.59 Å². The van der Waals surface area contributed by atoms with Gasteiger partial charge in [-0.25, -0.2) is 4.90 Å². The van der Waals surface area contributed by atoms with E-state index in [1.54, 1.807) is 13.2 Å². The number of para-hydroxylation sites is 1. The standard InChI is InChI=1S/C26H32N4O3/c1-27(2)19-9-8-10-20(17-19)30-25(31)23(21-11-6-7-12-22(21)33-5)24(26(30)32)29(4)18-13-15-28(3)16-14-18/h6-12,17-18H,13-16H2,1-5H3. The van der Waals surface area contributed by atoms with Gasteiger partial charge in [-0.1, -0.05) is 24.3 Å². The van der Waals surface area contributed by atoms with E-state index in [9.17, 15) is 9.59 Å². The van der Waals surface area contributed by atoms with Crippen LogP contribution in [-0.4, -0.2) is 76.0 Å². The van der Waals surface area contributed by atoms with Crippen LogP contribution in [0.2, 0.25) is 0 Å². The van der Waals surface area contributed by atoms with Crippen LogP contribution in [0.15, 0.2) is 54.2 Å². The highest BCUT2D eigenvalue weighted by atomic mass is 16.5. The summed E-state index contributed by atoms with van der Waals surface area (Å²) in [5.41, 5.74) is 2.96. The van der Waals surface area contributed by atoms with Gasteiger partial charge in [0.15, 0.2) is 0 Å². The van der Waals surface area contributed by atoms with Gasteiger partial charge in [0.2, 0.25) is 0 Å². The second kappa shape index (κ2) is 9.27. The third kappa shape index (κ3) is 4.20. The van der Waals surface area contributed by atoms with Crippen LogP contribution in [0.5, 0.6) is 5.75 Å². The molecule has 174 valence electrons. The first-order chi connectivity index (χ1) is 15.8. The first-order valence-corrected chi connectivity index (χ1v) is 11.3. The maximum Gasteiger partial charge on any atom is 0.282 e. The zero-order valence-corrected chi connectivity index (χ0v) is 20.0. The van der Waals surface area contributed by atoms with Crippen molar-refractivity contribution in [2.75, 3.05) is 58.2 Å². The number of piperidine rings is 1. The largest absolute Gasteiger partial charge is 0.496 e. The first-order valence-electron chi connectivity index (χ1n) is 11.3. The summed E-state index contributed by atoms with van der Waals surface area (Å²) in [4.78, 5) is 35.3. The minimum Gasteiger partial charge on any atom is -0.496 e. The Balaban J connectivity index is 1.82. The third-order valence-electron chi connectivity index (χ3n) is 6.63. The van der Waals surface area contributed by atoms with Crippen molar-refractivity contribution >= 4 is 28.8 Å². The van der Waals surface area contributed by atoms with Crippen LogP contribution in [-0.2, 0) is 9.59 Å². The quantitative estimate of drug-likeness (QED) is 0.633. The summed E-state index contributed by atoms with van der Waals surface area (Å²) in [6.07, 6.45) is 1.88. The molecule has 7 nitrogen and oxygen atoms in total. The van der Waals surface area contributed by atoms with Gasteiger partial charge in [0.05, 0.1) is 18.4 Å². The van der Waals surface area contributed by atoms with Crippen LogP contribution in [0, 0.1) is 0 Å². The fourth-order valence-electron chi connectivity index (χ4n) is 4.65. The zero-order chi connectivity index (χ0) is 23.7. The molecule has 0 atom stereocenters. The van der Waals surface area contributed by atoms with E-state index in [4.69, 9.17) is 4.74 Å². The van der Waals surface area contributed by atoms with Crippen molar-refractivity contribution in [2.45, 2.75) is 18.9 Å². The highest BCUT2D eigenvalue weighted by Crippen LogP contribution is 2.39. The molecule has 0 unspecified atom stereocenters. The molecule has 0 N–H and O–H groups in total. The summed E-state index contributed by atoms with van der Waals surface area (Å²) in [5, 5.41) is 0. The highest BCUT2D eigenvalue weighted by Gasteiger charge is 2.44. The minimum atomic E-state index is -0.324. The average molecular weight is 449 g/mol. The van der Waals surface area contributed by atoms with Crippen LogP contribution in [0.3, 0.4) is 0 Å². The molecule has 0 aromatic heterocycles. The Morgan fingerprint density at radius 1 is 0.939 bits per heavy atom. The van der Waals surface area contributed by atoms with Crippen molar-refractivity contribution in [3.05, 3.63) is 59.8 Å². The molecule has 0 aliphatic carbocycles. The lowest BCUT2D eigenvalue weighted by Crippen LogP contribution is -2.43. The van der Waals surface area contributed by atoms with E-state index in [0.29, 0.717) is 28.3 Å². The number of carbonyl (C=O) groups is 2. The first kappa shape index (κ1) is 22.9. The smallest absolute Gasteiger partial charge is 0.282 e. The molecule has 0 bridgehead atoms. The van der Waals surface area contributed by atoms with Gasteiger partial charge in [-0.15, -0.1) is 0 Å². The Hall–Kier alpha value is -3.32. The molecule has 0 radical (unpaired) electrons. The summed E-state index contributed by atoms with van der Waals surface area (Å²) >= 11 is 0. The molecule has 33 heavy (non-hydrogen) atoms. The molecule has 2 heterocycles. The van der Waals surface area contributed by atoms with Gasteiger partial charge in [0.25, 0.3) is 11.8 Å². The Morgan fingerprint density at radius 2 is 1.64 bits per heavy atom.